The molecule has 1 saturated heterocycles. The minimum Gasteiger partial charge on any atom is -0.281 e. The Morgan fingerprint density at radius 1 is 1.33 bits per heavy atom. The summed E-state index contributed by atoms with van der Waals surface area (Å²) in [5.74, 6) is -3.63. The Bertz CT molecular complexity index is 389. The van der Waals surface area contributed by atoms with E-state index in [1.165, 1.54) is 0 Å². The van der Waals surface area contributed by atoms with E-state index >= 15 is 0 Å². The first-order chi connectivity index (χ1) is 8.07. The third-order valence-corrected chi connectivity index (χ3v) is 2.78. The first-order valence-corrected chi connectivity index (χ1v) is 5.36. The number of nitrogens with zero attached hydrogens (tertiary/aromatic N) is 2. The molecular formula is C11H13F3N2O2. The lowest BCUT2D eigenvalue weighted by molar-refractivity contribution is -0.171. The molecule has 0 aromatic rings. The topological polar surface area (TPSA) is 61.2 Å². The maximum atomic E-state index is 12.4. The van der Waals surface area contributed by atoms with Crippen molar-refractivity contribution < 1.29 is 22.8 Å². The number of likely N-dealkylation sites (tertiary alicyclic amines) is 1. The molecule has 1 aliphatic rings. The smallest absolute Gasteiger partial charge is 0.281 e. The van der Waals surface area contributed by atoms with E-state index in [1.54, 1.807) is 13.8 Å². The van der Waals surface area contributed by atoms with Gasteiger partial charge in [0.05, 0.1) is 12.6 Å². The second-order valence-electron chi connectivity index (χ2n) is 5.14. The van der Waals surface area contributed by atoms with E-state index in [4.69, 9.17) is 5.26 Å². The highest BCUT2D eigenvalue weighted by Gasteiger charge is 2.45. The highest BCUT2D eigenvalue weighted by Crippen LogP contribution is 2.33. The van der Waals surface area contributed by atoms with Gasteiger partial charge in [0, 0.05) is 12.8 Å². The van der Waals surface area contributed by atoms with E-state index in [1.807, 2.05) is 0 Å². The number of nitriles is 1. The fourth-order valence-electron chi connectivity index (χ4n) is 1.81. The van der Waals surface area contributed by atoms with Crippen LogP contribution in [0.2, 0.25) is 0 Å². The first kappa shape index (κ1) is 14.5. The van der Waals surface area contributed by atoms with Crippen LogP contribution >= 0.6 is 0 Å². The molecule has 1 unspecified atom stereocenters. The number of rotatable bonds is 2. The van der Waals surface area contributed by atoms with Gasteiger partial charge in [0.2, 0.25) is 11.8 Å². The van der Waals surface area contributed by atoms with E-state index in [2.05, 4.69) is 0 Å². The molecule has 1 atom stereocenters. The average molecular weight is 262 g/mol. The molecule has 1 aliphatic heterocycles. The zero-order valence-corrected chi connectivity index (χ0v) is 10.0. The highest BCUT2D eigenvalue weighted by molar-refractivity contribution is 5.98. The van der Waals surface area contributed by atoms with Gasteiger partial charge in [-0.1, -0.05) is 13.8 Å². The summed E-state index contributed by atoms with van der Waals surface area (Å²) in [5.41, 5.74) is -0.537. The Balaban J connectivity index is 2.83. The number of amides is 2. The zero-order chi connectivity index (χ0) is 14.1. The van der Waals surface area contributed by atoms with Gasteiger partial charge in [-0.15, -0.1) is 0 Å². The lowest BCUT2D eigenvalue weighted by Gasteiger charge is -2.35. The van der Waals surface area contributed by atoms with Crippen LogP contribution in [-0.4, -0.2) is 29.4 Å². The van der Waals surface area contributed by atoms with Crippen LogP contribution < -0.4 is 0 Å². The van der Waals surface area contributed by atoms with E-state index in [9.17, 15) is 22.8 Å². The van der Waals surface area contributed by atoms with Crippen molar-refractivity contribution in [3.8, 4) is 6.07 Å². The zero-order valence-electron chi connectivity index (χ0n) is 10.0. The number of hydrogen-bond acceptors (Lipinski definition) is 3. The van der Waals surface area contributed by atoms with E-state index in [-0.39, 0.29) is 12.8 Å². The minimum atomic E-state index is -4.73. The fraction of sp³-hybridized carbons (Fsp3) is 0.727. The molecule has 0 aromatic carbocycles. The SMILES string of the molecule is CC1(C)CC(=O)N(CC(C#N)C(F)(F)F)C(=O)C1. The first-order valence-electron chi connectivity index (χ1n) is 5.36. The summed E-state index contributed by atoms with van der Waals surface area (Å²) in [6, 6.07) is 1.08. The van der Waals surface area contributed by atoms with Crippen molar-refractivity contribution in [2.24, 2.45) is 11.3 Å². The Kier molecular flexibility index (Phi) is 3.70. The number of carbonyl (C=O) groups excluding carboxylic acids is 2. The largest absolute Gasteiger partial charge is 0.406 e. The second kappa shape index (κ2) is 4.59. The molecule has 0 aliphatic carbocycles. The highest BCUT2D eigenvalue weighted by atomic mass is 19.4. The quantitative estimate of drug-likeness (QED) is 0.714. The third-order valence-electron chi connectivity index (χ3n) is 2.78. The summed E-state index contributed by atoms with van der Waals surface area (Å²) >= 11 is 0. The predicted octanol–water partition coefficient (Wildman–Crippen LogP) is 1.86. The van der Waals surface area contributed by atoms with Gasteiger partial charge in [0.15, 0.2) is 5.92 Å². The summed E-state index contributed by atoms with van der Waals surface area (Å²) in [6.45, 7) is 2.49. The van der Waals surface area contributed by atoms with Gasteiger partial charge < -0.3 is 0 Å². The van der Waals surface area contributed by atoms with E-state index in [0.29, 0.717) is 4.90 Å². The summed E-state index contributed by atoms with van der Waals surface area (Å²) in [5, 5.41) is 8.45. The van der Waals surface area contributed by atoms with E-state index in [0.717, 1.165) is 6.07 Å². The molecule has 0 saturated carbocycles. The van der Waals surface area contributed by atoms with Crippen molar-refractivity contribution in [3.63, 3.8) is 0 Å². The number of alkyl halides is 3. The van der Waals surface area contributed by atoms with Crippen LogP contribution in [0.15, 0.2) is 0 Å². The molecule has 2 amide bonds. The third kappa shape index (κ3) is 3.22. The monoisotopic (exact) mass is 262 g/mol. The molecule has 4 nitrogen and oxygen atoms in total. The Morgan fingerprint density at radius 3 is 2.11 bits per heavy atom. The van der Waals surface area contributed by atoms with Gasteiger partial charge in [0.25, 0.3) is 0 Å². The van der Waals surface area contributed by atoms with Crippen LogP contribution in [0.25, 0.3) is 0 Å². The number of hydrogen-bond donors (Lipinski definition) is 0. The summed E-state index contributed by atoms with van der Waals surface area (Å²) in [6.07, 6.45) is -4.72. The molecule has 0 bridgehead atoms. The lowest BCUT2D eigenvalue weighted by Crippen LogP contribution is -2.49. The average Bonchev–Trinajstić information content (AvgIpc) is 2.12. The molecular weight excluding hydrogens is 249 g/mol. The van der Waals surface area contributed by atoms with Crippen LogP contribution in [0.5, 0.6) is 0 Å². The minimum absolute atomic E-state index is 0.00868. The normalized spacial score (nSPS) is 21.7. The van der Waals surface area contributed by atoms with Gasteiger partial charge in [-0.05, 0) is 5.41 Å². The van der Waals surface area contributed by atoms with Gasteiger partial charge in [-0.3, -0.25) is 14.5 Å². The maximum absolute atomic E-state index is 12.4. The predicted molar refractivity (Wildman–Crippen MR) is 54.9 cm³/mol. The molecule has 7 heteroatoms. The number of carbonyl (C=O) groups is 2. The molecule has 0 aromatic heterocycles. The van der Waals surface area contributed by atoms with Gasteiger partial charge in [-0.25, -0.2) is 0 Å². The van der Waals surface area contributed by atoms with Crippen LogP contribution in [0.1, 0.15) is 26.7 Å². The fourth-order valence-corrected chi connectivity index (χ4v) is 1.81. The molecule has 1 fully saturated rings. The number of piperidine rings is 1. The molecule has 1 rings (SSSR count). The molecule has 1 heterocycles. The summed E-state index contributed by atoms with van der Waals surface area (Å²) in [4.78, 5) is 23.8. The van der Waals surface area contributed by atoms with Crippen LogP contribution in [0.3, 0.4) is 0 Å². The van der Waals surface area contributed by atoms with Crippen molar-refractivity contribution in [2.75, 3.05) is 6.54 Å². The van der Waals surface area contributed by atoms with Crippen molar-refractivity contribution in [3.05, 3.63) is 0 Å². The second-order valence-corrected chi connectivity index (χ2v) is 5.14. The lowest BCUT2D eigenvalue weighted by atomic mass is 9.81. The summed E-state index contributed by atoms with van der Waals surface area (Å²) in [7, 11) is 0. The number of halogens is 3. The molecule has 0 radical (unpaired) electrons. The van der Waals surface area contributed by atoms with Crippen molar-refractivity contribution >= 4 is 11.8 Å². The molecule has 0 N–H and O–H groups in total. The van der Waals surface area contributed by atoms with Crippen molar-refractivity contribution in [1.82, 2.24) is 4.90 Å². The molecule has 100 valence electrons. The van der Waals surface area contributed by atoms with Gasteiger partial charge in [-0.2, -0.15) is 18.4 Å². The van der Waals surface area contributed by atoms with Crippen LogP contribution in [0.4, 0.5) is 13.2 Å². The Labute approximate surface area is 102 Å². The summed E-state index contributed by atoms with van der Waals surface area (Å²) < 4.78 is 37.2. The maximum Gasteiger partial charge on any atom is 0.406 e. The van der Waals surface area contributed by atoms with Gasteiger partial charge >= 0.3 is 6.18 Å². The molecule has 0 spiro atoms. The Hall–Kier alpha value is -1.58. The van der Waals surface area contributed by atoms with Crippen LogP contribution in [-0.2, 0) is 9.59 Å². The van der Waals surface area contributed by atoms with Crippen LogP contribution in [0, 0.1) is 22.7 Å². The standard InChI is InChI=1S/C11H13F3N2O2/c1-10(2)3-8(17)16(9(18)4-10)6-7(5-15)11(12,13)14/h7H,3-4,6H2,1-2H3. The number of imide groups is 1. The van der Waals surface area contributed by atoms with Gasteiger partial charge in [0.1, 0.15) is 0 Å². The van der Waals surface area contributed by atoms with E-state index < -0.39 is 35.9 Å². The molecule has 18 heavy (non-hydrogen) atoms. The Morgan fingerprint density at radius 2 is 1.78 bits per heavy atom. The van der Waals surface area contributed by atoms with Crippen molar-refractivity contribution in [2.45, 2.75) is 32.9 Å². The van der Waals surface area contributed by atoms with Crippen molar-refractivity contribution in [1.29, 1.82) is 5.26 Å².